The number of carboxylic acid groups (broad SMARTS) is 1. The van der Waals surface area contributed by atoms with Crippen molar-refractivity contribution in [2.75, 3.05) is 13.1 Å². The second kappa shape index (κ2) is 6.69. The van der Waals surface area contributed by atoms with E-state index in [9.17, 15) is 14.7 Å². The lowest BCUT2D eigenvalue weighted by Crippen LogP contribution is -2.51. The third-order valence-corrected chi connectivity index (χ3v) is 4.53. The molecule has 1 saturated heterocycles. The molecule has 2 rings (SSSR count). The van der Waals surface area contributed by atoms with Crippen molar-refractivity contribution >= 4 is 27.8 Å². The maximum atomic E-state index is 12.5. The third-order valence-electron chi connectivity index (χ3n) is 4.00. The molecule has 6 heteroatoms. The van der Waals surface area contributed by atoms with Crippen molar-refractivity contribution in [1.29, 1.82) is 0 Å². The van der Waals surface area contributed by atoms with E-state index < -0.39 is 17.5 Å². The fourth-order valence-corrected chi connectivity index (χ4v) is 2.89. The quantitative estimate of drug-likeness (QED) is 0.885. The molecule has 2 unspecified atom stereocenters. The lowest BCUT2D eigenvalue weighted by molar-refractivity contribution is -0.155. The Bertz CT molecular complexity index is 560. The number of piperidine rings is 1. The Morgan fingerprint density at radius 3 is 2.59 bits per heavy atom. The van der Waals surface area contributed by atoms with Gasteiger partial charge in [0.15, 0.2) is 6.10 Å². The van der Waals surface area contributed by atoms with Gasteiger partial charge < -0.3 is 14.7 Å². The second-order valence-electron chi connectivity index (χ2n) is 5.94. The molecule has 5 nitrogen and oxygen atoms in total. The molecule has 0 aliphatic carbocycles. The smallest absolute Gasteiger partial charge is 0.311 e. The molecule has 1 aromatic rings. The van der Waals surface area contributed by atoms with Crippen LogP contribution >= 0.6 is 15.9 Å². The number of nitrogens with zero attached hydrogens (tertiary/aromatic N) is 1. The number of likely N-dealkylation sites (tertiary alicyclic amines) is 1. The van der Waals surface area contributed by atoms with Crippen LogP contribution in [0.5, 0.6) is 5.75 Å². The summed E-state index contributed by atoms with van der Waals surface area (Å²) in [6.07, 6.45) is 0.644. The van der Waals surface area contributed by atoms with Crippen molar-refractivity contribution in [2.45, 2.75) is 32.8 Å². The highest BCUT2D eigenvalue weighted by Crippen LogP contribution is 2.30. The van der Waals surface area contributed by atoms with Crippen LogP contribution in [0.2, 0.25) is 0 Å². The largest absolute Gasteiger partial charge is 0.481 e. The van der Waals surface area contributed by atoms with E-state index >= 15 is 0 Å². The monoisotopic (exact) mass is 369 g/mol. The van der Waals surface area contributed by atoms with Gasteiger partial charge in [-0.2, -0.15) is 0 Å². The first-order valence-corrected chi connectivity index (χ1v) is 8.05. The van der Waals surface area contributed by atoms with Gasteiger partial charge >= 0.3 is 5.97 Å². The summed E-state index contributed by atoms with van der Waals surface area (Å²) in [5.74, 6) is -0.413. The fraction of sp³-hybridized carbons (Fsp3) is 0.500. The molecule has 0 spiro atoms. The maximum Gasteiger partial charge on any atom is 0.311 e. The molecule has 1 aliphatic rings. The van der Waals surface area contributed by atoms with Crippen LogP contribution in [0.15, 0.2) is 28.7 Å². The normalized spacial score (nSPS) is 23.0. The highest BCUT2D eigenvalue weighted by atomic mass is 79.9. The molecule has 1 amide bonds. The van der Waals surface area contributed by atoms with Crippen LogP contribution in [0.25, 0.3) is 0 Å². The molecule has 1 aromatic carbocycles. The van der Waals surface area contributed by atoms with Crippen molar-refractivity contribution < 1.29 is 19.4 Å². The molecule has 120 valence electrons. The first-order chi connectivity index (χ1) is 10.3. The van der Waals surface area contributed by atoms with Crippen LogP contribution in [0, 0.1) is 5.41 Å². The Morgan fingerprint density at radius 2 is 2.00 bits per heavy atom. The summed E-state index contributed by atoms with van der Waals surface area (Å²) in [4.78, 5) is 25.4. The number of carbonyl (C=O) groups excluding carboxylic acids is 1. The Balaban J connectivity index is 2.01. The fourth-order valence-electron chi connectivity index (χ4n) is 2.63. The topological polar surface area (TPSA) is 66.8 Å². The predicted molar refractivity (Wildman–Crippen MR) is 85.8 cm³/mol. The van der Waals surface area contributed by atoms with Crippen molar-refractivity contribution in [1.82, 2.24) is 4.90 Å². The van der Waals surface area contributed by atoms with E-state index in [1.807, 2.05) is 12.1 Å². The van der Waals surface area contributed by atoms with Gasteiger partial charge in [-0.05, 0) is 51.0 Å². The standard InChI is InChI=1S/C16H20BrNO4/c1-11(22-13-6-4-12(17)5-7-13)14(19)18-9-3-8-16(2,10-18)15(20)21/h4-7,11H,3,8-10H2,1-2H3,(H,20,21). The van der Waals surface area contributed by atoms with Crippen LogP contribution in [0.1, 0.15) is 26.7 Å². The predicted octanol–water partition coefficient (Wildman–Crippen LogP) is 2.93. The number of rotatable bonds is 4. The van der Waals surface area contributed by atoms with Crippen molar-refractivity contribution in [3.8, 4) is 5.75 Å². The molecule has 1 heterocycles. The first kappa shape index (κ1) is 16.8. The van der Waals surface area contributed by atoms with E-state index in [1.54, 1.807) is 30.9 Å². The van der Waals surface area contributed by atoms with Gasteiger partial charge in [-0.3, -0.25) is 9.59 Å². The van der Waals surface area contributed by atoms with Gasteiger partial charge in [0.1, 0.15) is 5.75 Å². The number of carbonyl (C=O) groups is 2. The average molecular weight is 370 g/mol. The Hall–Kier alpha value is -1.56. The molecule has 1 fully saturated rings. The summed E-state index contributed by atoms with van der Waals surface area (Å²) in [5.41, 5.74) is -0.870. The van der Waals surface area contributed by atoms with E-state index in [1.165, 1.54) is 0 Å². The average Bonchev–Trinajstić information content (AvgIpc) is 2.48. The minimum absolute atomic E-state index is 0.171. The van der Waals surface area contributed by atoms with Crippen molar-refractivity contribution in [3.05, 3.63) is 28.7 Å². The Morgan fingerprint density at radius 1 is 1.36 bits per heavy atom. The molecule has 1 N–H and O–H groups in total. The van der Waals surface area contributed by atoms with E-state index in [-0.39, 0.29) is 12.5 Å². The summed E-state index contributed by atoms with van der Waals surface area (Å²) in [6.45, 7) is 4.19. The number of aliphatic carboxylic acids is 1. The zero-order valence-electron chi connectivity index (χ0n) is 12.7. The van der Waals surface area contributed by atoms with E-state index in [0.29, 0.717) is 25.1 Å². The summed E-state index contributed by atoms with van der Waals surface area (Å²) < 4.78 is 6.59. The van der Waals surface area contributed by atoms with E-state index in [2.05, 4.69) is 15.9 Å². The molecule has 0 saturated carbocycles. The summed E-state index contributed by atoms with van der Waals surface area (Å²) in [6, 6.07) is 7.25. The Labute approximate surface area is 138 Å². The molecule has 1 aliphatic heterocycles. The van der Waals surface area contributed by atoms with Gasteiger partial charge in [-0.1, -0.05) is 15.9 Å². The molecule has 22 heavy (non-hydrogen) atoms. The molecule has 0 aromatic heterocycles. The highest BCUT2D eigenvalue weighted by Gasteiger charge is 2.40. The van der Waals surface area contributed by atoms with Gasteiger partial charge in [-0.15, -0.1) is 0 Å². The van der Waals surface area contributed by atoms with Crippen LogP contribution in [-0.4, -0.2) is 41.1 Å². The van der Waals surface area contributed by atoms with Gasteiger partial charge in [-0.25, -0.2) is 0 Å². The van der Waals surface area contributed by atoms with Gasteiger partial charge in [0.2, 0.25) is 0 Å². The first-order valence-electron chi connectivity index (χ1n) is 7.26. The number of amides is 1. The lowest BCUT2D eigenvalue weighted by atomic mass is 9.82. The maximum absolute atomic E-state index is 12.5. The van der Waals surface area contributed by atoms with E-state index in [4.69, 9.17) is 4.74 Å². The van der Waals surface area contributed by atoms with Crippen LogP contribution in [0.4, 0.5) is 0 Å². The van der Waals surface area contributed by atoms with Crippen molar-refractivity contribution in [3.63, 3.8) is 0 Å². The van der Waals surface area contributed by atoms with Gasteiger partial charge in [0, 0.05) is 17.6 Å². The summed E-state index contributed by atoms with van der Waals surface area (Å²) in [5, 5.41) is 9.32. The second-order valence-corrected chi connectivity index (χ2v) is 6.86. The van der Waals surface area contributed by atoms with Gasteiger partial charge in [0.25, 0.3) is 5.91 Å². The number of carboxylic acids is 1. The third kappa shape index (κ3) is 3.80. The molecule has 2 atom stereocenters. The molecule has 0 bridgehead atoms. The molecule has 0 radical (unpaired) electrons. The van der Waals surface area contributed by atoms with Gasteiger partial charge in [0.05, 0.1) is 5.41 Å². The summed E-state index contributed by atoms with van der Waals surface area (Å²) >= 11 is 3.34. The zero-order valence-corrected chi connectivity index (χ0v) is 14.3. The lowest BCUT2D eigenvalue weighted by Gasteiger charge is -2.38. The number of benzene rings is 1. The minimum Gasteiger partial charge on any atom is -0.481 e. The number of hydrogen-bond acceptors (Lipinski definition) is 3. The summed E-state index contributed by atoms with van der Waals surface area (Å²) in [7, 11) is 0. The van der Waals surface area contributed by atoms with E-state index in [0.717, 1.165) is 4.47 Å². The molecular formula is C16H20BrNO4. The zero-order chi connectivity index (χ0) is 16.3. The Kier molecular flexibility index (Phi) is 5.11. The van der Waals surface area contributed by atoms with Crippen LogP contribution in [-0.2, 0) is 9.59 Å². The van der Waals surface area contributed by atoms with Crippen molar-refractivity contribution in [2.24, 2.45) is 5.41 Å². The number of halogens is 1. The SMILES string of the molecule is CC(Oc1ccc(Br)cc1)C(=O)N1CCCC(C)(C(=O)O)C1. The molecular weight excluding hydrogens is 350 g/mol. The van der Waals surface area contributed by atoms with Crippen LogP contribution < -0.4 is 4.74 Å². The number of ether oxygens (including phenoxy) is 1. The minimum atomic E-state index is -0.870. The number of hydrogen-bond donors (Lipinski definition) is 1. The highest BCUT2D eigenvalue weighted by molar-refractivity contribution is 9.10. The van der Waals surface area contributed by atoms with Crippen LogP contribution in [0.3, 0.4) is 0 Å².